The Morgan fingerprint density at radius 2 is 1.75 bits per heavy atom. The number of nitrogens with zero attached hydrogens (tertiary/aromatic N) is 1. The maximum atomic E-state index is 14.1. The molecule has 3 rings (SSSR count). The highest BCUT2D eigenvalue weighted by Crippen LogP contribution is 2.52. The first kappa shape index (κ1) is 28.5. The van der Waals surface area contributed by atoms with Gasteiger partial charge in [0.25, 0.3) is 0 Å². The summed E-state index contributed by atoms with van der Waals surface area (Å²) >= 11 is 12.5. The number of aliphatic carboxylic acids is 1. The lowest BCUT2D eigenvalue weighted by molar-refractivity contribution is -0.160. The lowest BCUT2D eigenvalue weighted by Gasteiger charge is -2.51. The van der Waals surface area contributed by atoms with Crippen LogP contribution in [0.15, 0.2) is 48.5 Å². The fourth-order valence-electron chi connectivity index (χ4n) is 5.14. The molecule has 0 spiro atoms. The minimum Gasteiger partial charge on any atom is -0.481 e. The van der Waals surface area contributed by atoms with Crippen molar-refractivity contribution < 1.29 is 23.1 Å². The molecule has 6 nitrogen and oxygen atoms in total. The average Bonchev–Trinajstić information content (AvgIpc) is 2.79. The van der Waals surface area contributed by atoms with Crippen LogP contribution in [0.1, 0.15) is 70.0 Å². The van der Waals surface area contributed by atoms with Crippen molar-refractivity contribution in [3.63, 3.8) is 0 Å². The highest BCUT2D eigenvalue weighted by molar-refractivity contribution is 7.92. The number of benzene rings is 2. The van der Waals surface area contributed by atoms with Crippen LogP contribution in [0.4, 0.5) is 0 Å². The normalized spacial score (nSPS) is 23.6. The second kappa shape index (κ2) is 11.1. The van der Waals surface area contributed by atoms with Crippen LogP contribution >= 0.6 is 23.2 Å². The quantitative estimate of drug-likeness (QED) is 0.403. The zero-order valence-corrected chi connectivity index (χ0v) is 23.3. The van der Waals surface area contributed by atoms with E-state index in [-0.39, 0.29) is 30.4 Å². The topological polar surface area (TPSA) is 91.8 Å². The van der Waals surface area contributed by atoms with E-state index in [9.17, 15) is 23.1 Å². The van der Waals surface area contributed by atoms with E-state index >= 15 is 0 Å². The van der Waals surface area contributed by atoms with Crippen molar-refractivity contribution in [2.75, 3.05) is 5.75 Å². The summed E-state index contributed by atoms with van der Waals surface area (Å²) in [6.45, 7) is 6.76. The molecule has 2 aromatic carbocycles. The number of piperidine rings is 1. The number of sulfone groups is 1. The number of carbonyl (C=O) groups excluding carboxylic acids is 1. The van der Waals surface area contributed by atoms with Crippen LogP contribution < -0.4 is 0 Å². The second-order valence-corrected chi connectivity index (χ2v) is 13.6. The smallest absolute Gasteiger partial charge is 0.304 e. The Bertz CT molecular complexity index is 1210. The second-order valence-electron chi connectivity index (χ2n) is 10.1. The summed E-state index contributed by atoms with van der Waals surface area (Å²) in [5, 5.41) is 10.2. The van der Waals surface area contributed by atoms with E-state index in [2.05, 4.69) is 0 Å². The van der Waals surface area contributed by atoms with Gasteiger partial charge in [-0.1, -0.05) is 61.3 Å². The van der Waals surface area contributed by atoms with Crippen LogP contribution in [0.5, 0.6) is 0 Å². The number of amides is 1. The zero-order chi connectivity index (χ0) is 26.8. The molecule has 4 atom stereocenters. The van der Waals surface area contributed by atoms with Crippen LogP contribution in [0.2, 0.25) is 10.0 Å². The first-order valence-electron chi connectivity index (χ1n) is 12.1. The van der Waals surface area contributed by atoms with E-state index in [1.807, 2.05) is 37.3 Å². The molecule has 9 heteroatoms. The van der Waals surface area contributed by atoms with E-state index in [1.54, 1.807) is 43.9 Å². The van der Waals surface area contributed by atoms with E-state index in [0.29, 0.717) is 16.5 Å². The van der Waals surface area contributed by atoms with Crippen LogP contribution in [-0.2, 0) is 19.4 Å². The Hall–Kier alpha value is -2.09. The number of halogens is 2. The summed E-state index contributed by atoms with van der Waals surface area (Å²) in [7, 11) is -3.50. The number of rotatable bonds is 9. The lowest BCUT2D eigenvalue weighted by Crippen LogP contribution is -2.57. The van der Waals surface area contributed by atoms with Crippen molar-refractivity contribution in [3.8, 4) is 0 Å². The predicted octanol–water partition coefficient (Wildman–Crippen LogP) is 6.13. The van der Waals surface area contributed by atoms with Crippen molar-refractivity contribution in [2.24, 2.45) is 5.41 Å². The van der Waals surface area contributed by atoms with E-state index in [1.165, 1.54) is 0 Å². The van der Waals surface area contributed by atoms with Crippen molar-refractivity contribution in [1.82, 2.24) is 4.90 Å². The molecule has 0 bridgehead atoms. The largest absolute Gasteiger partial charge is 0.481 e. The molecule has 0 saturated carbocycles. The average molecular weight is 555 g/mol. The summed E-state index contributed by atoms with van der Waals surface area (Å²) in [4.78, 5) is 27.7. The standard InChI is InChI=1S/C27H33Cl2NO5S/c1-5-22(16-36(34,35)17(2)3)30-25(18-9-11-20(28)12-10-18)23(19-7-6-8-21(29)13-19)14-27(4,26(30)33)15-24(31)32/h6-13,17,22-23,25H,5,14-16H2,1-4H3,(H,31,32)/t22-,23+,25+,27-/m0/s1. The van der Waals surface area contributed by atoms with Crippen molar-refractivity contribution >= 4 is 44.9 Å². The van der Waals surface area contributed by atoms with E-state index < -0.39 is 38.6 Å². The molecule has 0 unspecified atom stereocenters. The van der Waals surface area contributed by atoms with Crippen LogP contribution in [0.3, 0.4) is 0 Å². The molecule has 196 valence electrons. The van der Waals surface area contributed by atoms with Gasteiger partial charge in [-0.15, -0.1) is 0 Å². The summed E-state index contributed by atoms with van der Waals surface area (Å²) in [6, 6.07) is 13.3. The van der Waals surface area contributed by atoms with Crippen molar-refractivity contribution in [2.45, 2.75) is 70.2 Å². The minimum atomic E-state index is -3.50. The molecule has 2 aromatic rings. The maximum absolute atomic E-state index is 14.1. The number of carbonyl (C=O) groups is 2. The van der Waals surface area contributed by atoms with Gasteiger partial charge in [-0.25, -0.2) is 8.42 Å². The number of hydrogen-bond donors (Lipinski definition) is 1. The van der Waals surface area contributed by atoms with Gasteiger partial charge < -0.3 is 10.0 Å². The van der Waals surface area contributed by atoms with Gasteiger partial charge in [0.15, 0.2) is 9.84 Å². The van der Waals surface area contributed by atoms with Gasteiger partial charge in [0.2, 0.25) is 5.91 Å². The lowest BCUT2D eigenvalue weighted by atomic mass is 9.67. The number of hydrogen-bond acceptors (Lipinski definition) is 4. The molecule has 0 aliphatic carbocycles. The molecule has 1 heterocycles. The monoisotopic (exact) mass is 553 g/mol. The summed E-state index contributed by atoms with van der Waals surface area (Å²) in [5.74, 6) is -1.96. The van der Waals surface area contributed by atoms with Gasteiger partial charge >= 0.3 is 5.97 Å². The van der Waals surface area contributed by atoms with Gasteiger partial charge in [-0.05, 0) is 62.1 Å². The van der Waals surface area contributed by atoms with Crippen LogP contribution in [0, 0.1) is 5.41 Å². The van der Waals surface area contributed by atoms with Gasteiger partial charge in [-0.3, -0.25) is 9.59 Å². The minimum absolute atomic E-state index is 0.206. The zero-order valence-electron chi connectivity index (χ0n) is 20.9. The number of carboxylic acids is 1. The number of carboxylic acid groups (broad SMARTS) is 1. The molecular formula is C27H33Cl2NO5S. The highest BCUT2D eigenvalue weighted by atomic mass is 35.5. The Morgan fingerprint density at radius 1 is 1.11 bits per heavy atom. The van der Waals surface area contributed by atoms with Gasteiger partial charge in [0.05, 0.1) is 28.9 Å². The Labute approximate surface area is 223 Å². The maximum Gasteiger partial charge on any atom is 0.304 e. The third kappa shape index (κ3) is 6.06. The van der Waals surface area contributed by atoms with Crippen LogP contribution in [0.25, 0.3) is 0 Å². The molecule has 1 saturated heterocycles. The Balaban J connectivity index is 2.26. The fourth-order valence-corrected chi connectivity index (χ4v) is 6.78. The third-order valence-electron chi connectivity index (χ3n) is 7.14. The molecule has 1 N–H and O–H groups in total. The molecule has 0 radical (unpaired) electrons. The molecule has 1 aliphatic heterocycles. The summed E-state index contributed by atoms with van der Waals surface area (Å²) in [5.41, 5.74) is 0.435. The third-order valence-corrected chi connectivity index (χ3v) is 9.91. The van der Waals surface area contributed by atoms with Gasteiger partial charge in [-0.2, -0.15) is 0 Å². The number of likely N-dealkylation sites (tertiary alicyclic amines) is 1. The van der Waals surface area contributed by atoms with Crippen molar-refractivity contribution in [3.05, 3.63) is 69.7 Å². The van der Waals surface area contributed by atoms with Crippen molar-refractivity contribution in [1.29, 1.82) is 0 Å². The Morgan fingerprint density at radius 3 is 2.28 bits per heavy atom. The summed E-state index contributed by atoms with van der Waals surface area (Å²) in [6.07, 6.45) is 0.308. The molecular weight excluding hydrogens is 521 g/mol. The van der Waals surface area contributed by atoms with E-state index in [0.717, 1.165) is 11.1 Å². The van der Waals surface area contributed by atoms with E-state index in [4.69, 9.17) is 23.2 Å². The van der Waals surface area contributed by atoms with Gasteiger partial charge in [0.1, 0.15) is 0 Å². The first-order chi connectivity index (χ1) is 16.8. The Kier molecular flexibility index (Phi) is 8.79. The molecule has 1 fully saturated rings. The predicted molar refractivity (Wildman–Crippen MR) is 143 cm³/mol. The van der Waals surface area contributed by atoms with Crippen LogP contribution in [-0.4, -0.2) is 47.3 Å². The summed E-state index contributed by atoms with van der Waals surface area (Å²) < 4.78 is 26.0. The molecule has 1 aliphatic rings. The highest BCUT2D eigenvalue weighted by Gasteiger charge is 2.52. The van der Waals surface area contributed by atoms with Gasteiger partial charge in [0, 0.05) is 22.0 Å². The SMILES string of the molecule is CC[C@@H](CS(=O)(=O)C(C)C)N1C(=O)[C@](C)(CC(=O)O)C[C@H](c2cccc(Cl)c2)[C@H]1c1ccc(Cl)cc1. The molecule has 0 aromatic heterocycles. The first-order valence-corrected chi connectivity index (χ1v) is 14.5. The molecule has 36 heavy (non-hydrogen) atoms. The molecule has 1 amide bonds. The fraction of sp³-hybridized carbons (Fsp3) is 0.481.